The zero-order valence-corrected chi connectivity index (χ0v) is 25.0. The molecule has 1 heterocycles. The van der Waals surface area contributed by atoms with E-state index in [2.05, 4.69) is 7.05 Å². The second kappa shape index (κ2) is 13.4. The molecule has 0 atom stereocenters. The van der Waals surface area contributed by atoms with Crippen molar-refractivity contribution in [2.24, 2.45) is 0 Å². The SMILES string of the molecule is C[N+]1(CCCOc2ccccc2CN(c2cc(F)ccc2F)S(=O)(=O)c2ccc(Cl)cc2)CCCCC1.[I-]. The van der Waals surface area contributed by atoms with Crippen LogP contribution in [0.3, 0.4) is 0 Å². The highest BCUT2D eigenvalue weighted by Gasteiger charge is 2.29. The number of halogens is 4. The number of quaternary nitrogens is 1. The summed E-state index contributed by atoms with van der Waals surface area (Å²) in [7, 11) is -1.99. The molecule has 0 N–H and O–H groups in total. The highest BCUT2D eigenvalue weighted by Crippen LogP contribution is 2.32. The van der Waals surface area contributed by atoms with E-state index in [4.69, 9.17) is 16.3 Å². The van der Waals surface area contributed by atoms with Crippen LogP contribution in [0.5, 0.6) is 5.75 Å². The standard InChI is InChI=1S/C28H32ClF2N2O3S.HI/c1-33(16-5-2-6-17-33)18-7-19-36-28-9-4-3-8-22(28)21-32(27-20-24(30)12-15-26(27)31)37(34,35)25-13-10-23(29)11-14-25;/h3-4,8-15,20H,2,5-7,16-19,21H2,1H3;1H/q+1;/p-1. The van der Waals surface area contributed by atoms with Crippen molar-refractivity contribution in [3.63, 3.8) is 0 Å². The Morgan fingerprint density at radius 2 is 1.66 bits per heavy atom. The van der Waals surface area contributed by atoms with Crippen LogP contribution < -0.4 is 33.0 Å². The van der Waals surface area contributed by atoms with Gasteiger partial charge in [-0.1, -0.05) is 29.8 Å². The Labute approximate surface area is 246 Å². The summed E-state index contributed by atoms with van der Waals surface area (Å²) in [4.78, 5) is -0.0857. The van der Waals surface area contributed by atoms with Crippen molar-refractivity contribution in [2.45, 2.75) is 37.1 Å². The summed E-state index contributed by atoms with van der Waals surface area (Å²) < 4.78 is 64.3. The summed E-state index contributed by atoms with van der Waals surface area (Å²) in [5, 5.41) is 0.363. The lowest BCUT2D eigenvalue weighted by atomic mass is 10.1. The maximum absolute atomic E-state index is 14.9. The fraction of sp³-hybridized carbons (Fsp3) is 0.357. The Hall–Kier alpha value is -1.95. The summed E-state index contributed by atoms with van der Waals surface area (Å²) in [6.45, 7) is 3.59. The van der Waals surface area contributed by atoms with Gasteiger partial charge in [-0.3, -0.25) is 4.31 Å². The van der Waals surface area contributed by atoms with Crippen molar-refractivity contribution < 1.29 is 50.4 Å². The van der Waals surface area contributed by atoms with E-state index in [0.29, 0.717) is 22.9 Å². The first-order valence-corrected chi connectivity index (χ1v) is 14.3. The molecule has 0 spiro atoms. The van der Waals surface area contributed by atoms with Gasteiger partial charge in [0.05, 0.1) is 50.4 Å². The predicted molar refractivity (Wildman–Crippen MR) is 142 cm³/mol. The fourth-order valence-electron chi connectivity index (χ4n) is 4.77. The third kappa shape index (κ3) is 7.58. The van der Waals surface area contributed by atoms with Gasteiger partial charge in [-0.25, -0.2) is 17.2 Å². The minimum absolute atomic E-state index is 0. The van der Waals surface area contributed by atoms with Crippen LogP contribution in [0.15, 0.2) is 71.6 Å². The van der Waals surface area contributed by atoms with E-state index < -0.39 is 21.7 Å². The van der Waals surface area contributed by atoms with Crippen LogP contribution in [0.2, 0.25) is 5.02 Å². The number of likely N-dealkylation sites (tertiary alicyclic amines) is 1. The van der Waals surface area contributed by atoms with Gasteiger partial charge in [-0.15, -0.1) is 0 Å². The smallest absolute Gasteiger partial charge is 0.264 e. The highest BCUT2D eigenvalue weighted by molar-refractivity contribution is 7.92. The van der Waals surface area contributed by atoms with Crippen molar-refractivity contribution >= 4 is 27.3 Å². The number of benzene rings is 3. The topological polar surface area (TPSA) is 46.6 Å². The number of piperidine rings is 1. The number of sulfonamides is 1. The Kier molecular flexibility index (Phi) is 10.8. The first-order valence-electron chi connectivity index (χ1n) is 12.5. The molecule has 0 saturated carbocycles. The Balaban J connectivity index is 0.00000400. The molecule has 206 valence electrons. The van der Waals surface area contributed by atoms with Crippen molar-refractivity contribution in [3.05, 3.63) is 89.0 Å². The van der Waals surface area contributed by atoms with Crippen LogP contribution in [-0.4, -0.2) is 46.2 Å². The van der Waals surface area contributed by atoms with Gasteiger partial charge in [0.1, 0.15) is 17.4 Å². The van der Waals surface area contributed by atoms with E-state index in [0.717, 1.165) is 40.0 Å². The molecule has 0 radical (unpaired) electrons. The van der Waals surface area contributed by atoms with Gasteiger partial charge in [0.15, 0.2) is 0 Å². The first kappa shape index (κ1) is 30.6. The molecule has 3 aromatic rings. The lowest BCUT2D eigenvalue weighted by Crippen LogP contribution is -3.00. The zero-order chi connectivity index (χ0) is 26.5. The van der Waals surface area contributed by atoms with Gasteiger partial charge >= 0.3 is 0 Å². The summed E-state index contributed by atoms with van der Waals surface area (Å²) in [6.07, 6.45) is 4.64. The molecular formula is C28H32ClF2IN2O3S. The molecule has 0 unspecified atom stereocenters. The quantitative estimate of drug-likeness (QED) is 0.188. The minimum atomic E-state index is -4.26. The third-order valence-corrected chi connectivity index (χ3v) is 8.89. The summed E-state index contributed by atoms with van der Waals surface area (Å²) in [5.41, 5.74) is 0.161. The van der Waals surface area contributed by atoms with E-state index in [9.17, 15) is 17.2 Å². The molecule has 1 aliphatic heterocycles. The molecule has 1 aliphatic rings. The van der Waals surface area contributed by atoms with Gasteiger partial charge in [0.25, 0.3) is 10.0 Å². The summed E-state index contributed by atoms with van der Waals surface area (Å²) >= 11 is 5.94. The molecule has 0 aromatic heterocycles. The largest absolute Gasteiger partial charge is 1.00 e. The lowest BCUT2D eigenvalue weighted by molar-refractivity contribution is -0.914. The van der Waals surface area contributed by atoms with Crippen LogP contribution in [0.25, 0.3) is 0 Å². The number of hydrogen-bond acceptors (Lipinski definition) is 3. The molecule has 38 heavy (non-hydrogen) atoms. The number of para-hydroxylation sites is 1. The number of nitrogens with zero attached hydrogens (tertiary/aromatic N) is 2. The first-order chi connectivity index (χ1) is 17.7. The second-order valence-electron chi connectivity index (χ2n) is 9.72. The molecular weight excluding hydrogens is 645 g/mol. The Morgan fingerprint density at radius 3 is 2.37 bits per heavy atom. The molecule has 0 amide bonds. The molecule has 4 rings (SSSR count). The maximum atomic E-state index is 14.9. The lowest BCUT2D eigenvalue weighted by Gasteiger charge is -2.37. The van der Waals surface area contributed by atoms with Crippen LogP contribution in [0.1, 0.15) is 31.2 Å². The molecule has 5 nitrogen and oxygen atoms in total. The Morgan fingerprint density at radius 1 is 0.974 bits per heavy atom. The third-order valence-electron chi connectivity index (χ3n) is 6.86. The van der Waals surface area contributed by atoms with Gasteiger partial charge < -0.3 is 33.2 Å². The molecule has 0 aliphatic carbocycles. The second-order valence-corrected chi connectivity index (χ2v) is 12.0. The van der Waals surface area contributed by atoms with E-state index >= 15 is 0 Å². The molecule has 1 fully saturated rings. The van der Waals surface area contributed by atoms with Crippen LogP contribution in [0, 0.1) is 11.6 Å². The van der Waals surface area contributed by atoms with E-state index in [1.165, 1.54) is 56.6 Å². The molecule has 0 bridgehead atoms. The van der Waals surface area contributed by atoms with Crippen molar-refractivity contribution in [1.29, 1.82) is 0 Å². The van der Waals surface area contributed by atoms with Gasteiger partial charge in [-0.2, -0.15) is 0 Å². The van der Waals surface area contributed by atoms with E-state index in [1.54, 1.807) is 24.3 Å². The van der Waals surface area contributed by atoms with Gasteiger partial charge in [0.2, 0.25) is 0 Å². The summed E-state index contributed by atoms with van der Waals surface area (Å²) in [6, 6.07) is 15.4. The Bertz CT molecular complexity index is 1320. The zero-order valence-electron chi connectivity index (χ0n) is 21.3. The van der Waals surface area contributed by atoms with Gasteiger partial charge in [0, 0.05) is 23.1 Å². The van der Waals surface area contributed by atoms with Crippen LogP contribution in [0.4, 0.5) is 14.5 Å². The normalized spacial score (nSPS) is 14.9. The van der Waals surface area contributed by atoms with Crippen LogP contribution >= 0.6 is 11.6 Å². The molecule has 3 aromatic carbocycles. The molecule has 10 heteroatoms. The maximum Gasteiger partial charge on any atom is 0.264 e. The van der Waals surface area contributed by atoms with Gasteiger partial charge in [-0.05, 0) is 61.7 Å². The van der Waals surface area contributed by atoms with Crippen molar-refractivity contribution in [1.82, 2.24) is 0 Å². The monoisotopic (exact) mass is 676 g/mol. The van der Waals surface area contributed by atoms with Crippen molar-refractivity contribution in [2.75, 3.05) is 37.6 Å². The van der Waals surface area contributed by atoms with Crippen molar-refractivity contribution in [3.8, 4) is 5.75 Å². The van der Waals surface area contributed by atoms with Crippen LogP contribution in [-0.2, 0) is 16.6 Å². The number of rotatable bonds is 10. The minimum Gasteiger partial charge on any atom is -1.00 e. The number of hydrogen-bond donors (Lipinski definition) is 0. The number of ether oxygens (including phenoxy) is 1. The summed E-state index contributed by atoms with van der Waals surface area (Å²) in [5.74, 6) is -1.08. The predicted octanol–water partition coefficient (Wildman–Crippen LogP) is 3.42. The molecule has 1 saturated heterocycles. The van der Waals surface area contributed by atoms with E-state index in [1.807, 2.05) is 0 Å². The average molecular weight is 677 g/mol. The number of anilines is 1. The highest BCUT2D eigenvalue weighted by atomic mass is 127. The fourth-order valence-corrected chi connectivity index (χ4v) is 6.34. The van der Waals surface area contributed by atoms with E-state index in [-0.39, 0.29) is 41.1 Å². The average Bonchev–Trinajstić information content (AvgIpc) is 2.88.